The third-order valence-corrected chi connectivity index (χ3v) is 7.65. The molecule has 0 radical (unpaired) electrons. The lowest BCUT2D eigenvalue weighted by Gasteiger charge is -2.54. The Kier molecular flexibility index (Phi) is 4.34. The highest BCUT2D eigenvalue weighted by atomic mass is 35.5. The van der Waals surface area contributed by atoms with E-state index < -0.39 is 40.3 Å². The Labute approximate surface area is 188 Å². The van der Waals surface area contributed by atoms with Crippen molar-refractivity contribution in [3.8, 4) is 18.2 Å². The molecule has 1 N–H and O–H groups in total. The Bertz CT molecular complexity index is 1080. The van der Waals surface area contributed by atoms with E-state index in [1.807, 2.05) is 12.1 Å². The highest BCUT2D eigenvalue weighted by Crippen LogP contribution is 2.71. The van der Waals surface area contributed by atoms with Gasteiger partial charge in [0.05, 0.1) is 37.3 Å². The van der Waals surface area contributed by atoms with Crippen LogP contribution in [0.1, 0.15) is 30.9 Å². The van der Waals surface area contributed by atoms with Gasteiger partial charge in [0, 0.05) is 34.9 Å². The predicted molar refractivity (Wildman–Crippen MR) is 106 cm³/mol. The van der Waals surface area contributed by atoms with Gasteiger partial charge in [-0.05, 0) is 12.1 Å². The van der Waals surface area contributed by atoms with E-state index in [0.717, 1.165) is 0 Å². The topological polar surface area (TPSA) is 132 Å². The second-order valence-corrected chi connectivity index (χ2v) is 9.01. The number of ether oxygens (including phenoxy) is 4. The molecular weight excluding hydrogens is 443 g/mol. The molecular formula is C21H16Cl2N4O4. The van der Waals surface area contributed by atoms with Crippen LogP contribution in [0.15, 0.2) is 18.2 Å². The van der Waals surface area contributed by atoms with Crippen LogP contribution in [0.2, 0.25) is 10.0 Å². The molecule has 1 aliphatic carbocycles. The first kappa shape index (κ1) is 20.5. The standard InChI is InChI=1S/C21H16Cl2N4O4/c22-12-2-1-3-13(23)15(12)16-18(9-24,10-25)20(11-26)14-8-19(28-6-7-29-19)4-5-21(14,30-16)31-17(20)27/h1-3,14,16,27H,4-8H2. The van der Waals surface area contributed by atoms with Crippen LogP contribution in [0.3, 0.4) is 0 Å². The van der Waals surface area contributed by atoms with E-state index in [-0.39, 0.29) is 28.5 Å². The van der Waals surface area contributed by atoms with Gasteiger partial charge in [-0.15, -0.1) is 0 Å². The summed E-state index contributed by atoms with van der Waals surface area (Å²) in [6.45, 7) is 0.801. The smallest absolute Gasteiger partial charge is 0.218 e. The minimum absolute atomic E-state index is 0.150. The molecule has 3 heterocycles. The van der Waals surface area contributed by atoms with Crippen LogP contribution in [0, 0.1) is 56.2 Å². The maximum atomic E-state index is 10.4. The average molecular weight is 459 g/mol. The van der Waals surface area contributed by atoms with Crippen LogP contribution < -0.4 is 0 Å². The molecule has 1 aromatic carbocycles. The molecule has 4 fully saturated rings. The summed E-state index contributed by atoms with van der Waals surface area (Å²) in [5.74, 6) is -3.67. The van der Waals surface area contributed by atoms with Crippen LogP contribution in [0.4, 0.5) is 0 Å². The lowest BCUT2D eigenvalue weighted by molar-refractivity contribution is -0.330. The maximum Gasteiger partial charge on any atom is 0.218 e. The molecule has 4 unspecified atom stereocenters. The van der Waals surface area contributed by atoms with E-state index in [1.165, 1.54) is 0 Å². The molecule has 1 spiro atoms. The SMILES string of the molecule is N#CC1(C#N)C(c2c(Cl)cccc2Cl)OC23CCC4(CC2C1(C#N)C(=N)O3)OCCO4. The molecule has 1 saturated carbocycles. The molecule has 3 aliphatic heterocycles. The monoisotopic (exact) mass is 458 g/mol. The number of benzene rings is 1. The lowest BCUT2D eigenvalue weighted by atomic mass is 9.51. The first-order valence-electron chi connectivity index (χ1n) is 9.75. The third kappa shape index (κ3) is 2.31. The summed E-state index contributed by atoms with van der Waals surface area (Å²) in [6.07, 6.45) is -0.499. The van der Waals surface area contributed by atoms with Gasteiger partial charge in [-0.2, -0.15) is 15.8 Å². The van der Waals surface area contributed by atoms with Crippen molar-refractivity contribution in [3.63, 3.8) is 0 Å². The number of nitriles is 3. The van der Waals surface area contributed by atoms with Gasteiger partial charge in [-0.1, -0.05) is 29.3 Å². The van der Waals surface area contributed by atoms with E-state index >= 15 is 0 Å². The molecule has 10 heteroatoms. The zero-order valence-electron chi connectivity index (χ0n) is 16.2. The van der Waals surface area contributed by atoms with Crippen molar-refractivity contribution in [1.82, 2.24) is 0 Å². The lowest BCUT2D eigenvalue weighted by Crippen LogP contribution is -2.63. The number of rotatable bonds is 1. The number of nitrogens with zero attached hydrogens (tertiary/aromatic N) is 3. The van der Waals surface area contributed by atoms with E-state index in [9.17, 15) is 15.8 Å². The Balaban J connectivity index is 1.76. The zero-order chi connectivity index (χ0) is 22.1. The Morgan fingerprint density at radius 2 is 1.65 bits per heavy atom. The van der Waals surface area contributed by atoms with E-state index in [1.54, 1.807) is 18.2 Å². The van der Waals surface area contributed by atoms with E-state index in [2.05, 4.69) is 6.07 Å². The zero-order valence-corrected chi connectivity index (χ0v) is 17.7. The molecule has 1 aromatic rings. The van der Waals surface area contributed by atoms with Gasteiger partial charge in [0.25, 0.3) is 0 Å². The summed E-state index contributed by atoms with van der Waals surface area (Å²) in [4.78, 5) is 0. The van der Waals surface area contributed by atoms with Crippen molar-refractivity contribution in [2.45, 2.75) is 36.9 Å². The van der Waals surface area contributed by atoms with Gasteiger partial charge in [-0.3, -0.25) is 5.41 Å². The quantitative estimate of drug-likeness (QED) is 0.675. The molecule has 4 atom stereocenters. The van der Waals surface area contributed by atoms with Crippen LogP contribution in [-0.4, -0.2) is 30.7 Å². The van der Waals surface area contributed by atoms with Crippen LogP contribution in [0.5, 0.6) is 0 Å². The summed E-state index contributed by atoms with van der Waals surface area (Å²) in [6, 6.07) is 10.9. The molecule has 0 aromatic heterocycles. The Morgan fingerprint density at radius 3 is 2.23 bits per heavy atom. The minimum atomic E-state index is -2.14. The molecule has 2 bridgehead atoms. The van der Waals surface area contributed by atoms with Crippen LogP contribution in [0.25, 0.3) is 0 Å². The Hall–Kier alpha value is -2.38. The molecule has 4 aliphatic rings. The largest absolute Gasteiger partial charge is 0.447 e. The fourth-order valence-corrected chi connectivity index (χ4v) is 6.16. The van der Waals surface area contributed by atoms with Gasteiger partial charge in [0.2, 0.25) is 17.1 Å². The Morgan fingerprint density at radius 1 is 1.00 bits per heavy atom. The van der Waals surface area contributed by atoms with Crippen molar-refractivity contribution < 1.29 is 18.9 Å². The van der Waals surface area contributed by atoms with E-state index in [4.69, 9.17) is 47.6 Å². The number of nitrogens with one attached hydrogen (secondary N) is 1. The van der Waals surface area contributed by atoms with Crippen molar-refractivity contribution in [1.29, 1.82) is 21.2 Å². The highest BCUT2D eigenvalue weighted by Gasteiger charge is 2.82. The maximum absolute atomic E-state index is 10.4. The molecule has 8 nitrogen and oxygen atoms in total. The second-order valence-electron chi connectivity index (χ2n) is 8.19. The second kappa shape index (κ2) is 6.56. The van der Waals surface area contributed by atoms with Gasteiger partial charge >= 0.3 is 0 Å². The highest BCUT2D eigenvalue weighted by molar-refractivity contribution is 6.36. The summed E-state index contributed by atoms with van der Waals surface area (Å²) >= 11 is 12.8. The van der Waals surface area contributed by atoms with E-state index in [0.29, 0.717) is 19.6 Å². The summed E-state index contributed by atoms with van der Waals surface area (Å²) in [5, 5.41) is 40.1. The van der Waals surface area contributed by atoms with Crippen molar-refractivity contribution >= 4 is 29.1 Å². The predicted octanol–water partition coefficient (Wildman–Crippen LogP) is 3.86. The van der Waals surface area contributed by atoms with Gasteiger partial charge in [-0.25, -0.2) is 0 Å². The van der Waals surface area contributed by atoms with Crippen molar-refractivity contribution in [3.05, 3.63) is 33.8 Å². The number of hydrogen-bond acceptors (Lipinski definition) is 8. The van der Waals surface area contributed by atoms with Gasteiger partial charge < -0.3 is 18.9 Å². The van der Waals surface area contributed by atoms with Gasteiger partial charge in [0.1, 0.15) is 6.10 Å². The molecule has 0 amide bonds. The molecule has 158 valence electrons. The first-order valence-corrected chi connectivity index (χ1v) is 10.5. The van der Waals surface area contributed by atoms with Crippen molar-refractivity contribution in [2.75, 3.05) is 13.2 Å². The average Bonchev–Trinajstić information content (AvgIpc) is 3.28. The summed E-state index contributed by atoms with van der Waals surface area (Å²) in [5.41, 5.74) is -3.85. The number of halogens is 2. The van der Waals surface area contributed by atoms with Crippen LogP contribution in [-0.2, 0) is 18.9 Å². The fraction of sp³-hybridized carbons (Fsp3) is 0.524. The van der Waals surface area contributed by atoms with Crippen molar-refractivity contribution in [2.24, 2.45) is 16.7 Å². The first-order chi connectivity index (χ1) is 14.8. The fourth-order valence-electron chi connectivity index (χ4n) is 5.57. The number of hydrogen-bond donors (Lipinski definition) is 1. The molecule has 5 rings (SSSR count). The summed E-state index contributed by atoms with van der Waals surface area (Å²) < 4.78 is 24.0. The third-order valence-electron chi connectivity index (χ3n) is 6.99. The van der Waals surface area contributed by atoms with Crippen LogP contribution >= 0.6 is 23.2 Å². The minimum Gasteiger partial charge on any atom is -0.447 e. The molecule has 31 heavy (non-hydrogen) atoms. The normalized spacial score (nSPS) is 36.7. The summed E-state index contributed by atoms with van der Waals surface area (Å²) in [7, 11) is 0. The van der Waals surface area contributed by atoms with Gasteiger partial charge in [0.15, 0.2) is 11.2 Å². The molecule has 3 saturated heterocycles.